The SMILES string of the molecule is Cc1nn(C)c(C)c1Cn1cc(I)cc1C(=O)O. The molecule has 0 amide bonds. The van der Waals surface area contributed by atoms with Crippen molar-refractivity contribution in [3.8, 4) is 0 Å². The van der Waals surface area contributed by atoms with Gasteiger partial charge in [-0.15, -0.1) is 0 Å². The van der Waals surface area contributed by atoms with Crippen LogP contribution in [0.2, 0.25) is 0 Å². The van der Waals surface area contributed by atoms with E-state index in [9.17, 15) is 4.79 Å². The van der Waals surface area contributed by atoms with Crippen molar-refractivity contribution in [2.45, 2.75) is 20.4 Å². The predicted octanol–water partition coefficient (Wildman–Crippen LogP) is 2.19. The first-order valence-electron chi connectivity index (χ1n) is 5.48. The normalized spacial score (nSPS) is 10.9. The van der Waals surface area contributed by atoms with E-state index in [4.69, 9.17) is 5.11 Å². The fraction of sp³-hybridized carbons (Fsp3) is 0.333. The molecule has 0 aromatic carbocycles. The minimum Gasteiger partial charge on any atom is -0.477 e. The highest BCUT2D eigenvalue weighted by atomic mass is 127. The summed E-state index contributed by atoms with van der Waals surface area (Å²) in [4.78, 5) is 11.2. The molecule has 0 saturated heterocycles. The second kappa shape index (κ2) is 4.75. The number of hydrogen-bond acceptors (Lipinski definition) is 2. The zero-order chi connectivity index (χ0) is 13.4. The van der Waals surface area contributed by atoms with Crippen molar-refractivity contribution in [1.29, 1.82) is 0 Å². The molecule has 0 aliphatic heterocycles. The van der Waals surface area contributed by atoms with Gasteiger partial charge in [-0.25, -0.2) is 4.79 Å². The average molecular weight is 359 g/mol. The van der Waals surface area contributed by atoms with Gasteiger partial charge in [0, 0.05) is 28.1 Å². The molecule has 0 atom stereocenters. The predicted molar refractivity (Wildman–Crippen MR) is 75.9 cm³/mol. The highest BCUT2D eigenvalue weighted by Gasteiger charge is 2.15. The Bertz CT molecular complexity index is 613. The van der Waals surface area contributed by atoms with E-state index in [0.717, 1.165) is 20.5 Å². The van der Waals surface area contributed by atoms with Gasteiger partial charge in [0.05, 0.1) is 12.2 Å². The fourth-order valence-corrected chi connectivity index (χ4v) is 2.63. The van der Waals surface area contributed by atoms with Gasteiger partial charge in [-0.2, -0.15) is 5.10 Å². The number of hydrogen-bond donors (Lipinski definition) is 1. The van der Waals surface area contributed by atoms with Crippen LogP contribution in [0.3, 0.4) is 0 Å². The summed E-state index contributed by atoms with van der Waals surface area (Å²) in [6.07, 6.45) is 1.84. The van der Waals surface area contributed by atoms with E-state index < -0.39 is 5.97 Å². The van der Waals surface area contributed by atoms with Crippen LogP contribution in [0.5, 0.6) is 0 Å². The van der Waals surface area contributed by atoms with Crippen molar-refractivity contribution < 1.29 is 9.90 Å². The number of aromatic nitrogens is 3. The van der Waals surface area contributed by atoms with Crippen molar-refractivity contribution in [1.82, 2.24) is 14.3 Å². The van der Waals surface area contributed by atoms with Crippen molar-refractivity contribution >= 4 is 28.6 Å². The first kappa shape index (κ1) is 13.1. The van der Waals surface area contributed by atoms with Gasteiger partial charge in [-0.1, -0.05) is 0 Å². The quantitative estimate of drug-likeness (QED) is 0.855. The van der Waals surface area contributed by atoms with Crippen LogP contribution in [0.25, 0.3) is 0 Å². The number of halogens is 1. The van der Waals surface area contributed by atoms with E-state index in [2.05, 4.69) is 27.7 Å². The summed E-state index contributed by atoms with van der Waals surface area (Å²) in [5.41, 5.74) is 3.39. The van der Waals surface area contributed by atoms with Crippen LogP contribution in [0.4, 0.5) is 0 Å². The molecule has 2 aromatic heterocycles. The lowest BCUT2D eigenvalue weighted by Gasteiger charge is -2.06. The number of carbonyl (C=O) groups is 1. The van der Waals surface area contributed by atoms with Crippen LogP contribution in [0.15, 0.2) is 12.3 Å². The molecule has 18 heavy (non-hydrogen) atoms. The monoisotopic (exact) mass is 359 g/mol. The Morgan fingerprint density at radius 3 is 2.67 bits per heavy atom. The number of aromatic carboxylic acids is 1. The Morgan fingerprint density at radius 1 is 1.50 bits per heavy atom. The number of carboxylic acid groups (broad SMARTS) is 1. The summed E-state index contributed by atoms with van der Waals surface area (Å²) in [5, 5.41) is 13.5. The lowest BCUT2D eigenvalue weighted by atomic mass is 10.2. The highest BCUT2D eigenvalue weighted by Crippen LogP contribution is 2.18. The molecule has 0 aliphatic carbocycles. The van der Waals surface area contributed by atoms with E-state index in [1.807, 2.05) is 31.8 Å². The van der Waals surface area contributed by atoms with Gasteiger partial charge in [-0.3, -0.25) is 4.68 Å². The van der Waals surface area contributed by atoms with Crippen LogP contribution in [-0.2, 0) is 13.6 Å². The Morgan fingerprint density at radius 2 is 2.17 bits per heavy atom. The lowest BCUT2D eigenvalue weighted by molar-refractivity contribution is 0.0685. The maximum absolute atomic E-state index is 11.2. The van der Waals surface area contributed by atoms with Gasteiger partial charge in [0.25, 0.3) is 0 Å². The molecule has 0 saturated carbocycles. The van der Waals surface area contributed by atoms with Crippen LogP contribution in [0, 0.1) is 17.4 Å². The van der Waals surface area contributed by atoms with E-state index in [1.165, 1.54) is 0 Å². The Labute approximate surface area is 119 Å². The summed E-state index contributed by atoms with van der Waals surface area (Å²) < 4.78 is 4.49. The molecule has 0 fully saturated rings. The summed E-state index contributed by atoms with van der Waals surface area (Å²) in [7, 11) is 1.89. The summed E-state index contributed by atoms with van der Waals surface area (Å²) in [6.45, 7) is 4.47. The van der Waals surface area contributed by atoms with Crippen LogP contribution in [-0.4, -0.2) is 25.4 Å². The molecule has 2 rings (SSSR count). The zero-order valence-corrected chi connectivity index (χ0v) is 12.6. The van der Waals surface area contributed by atoms with Crippen molar-refractivity contribution in [3.63, 3.8) is 0 Å². The van der Waals surface area contributed by atoms with E-state index in [0.29, 0.717) is 12.2 Å². The maximum Gasteiger partial charge on any atom is 0.352 e. The van der Waals surface area contributed by atoms with Gasteiger partial charge in [0.2, 0.25) is 0 Å². The van der Waals surface area contributed by atoms with Crippen LogP contribution >= 0.6 is 22.6 Å². The highest BCUT2D eigenvalue weighted by molar-refractivity contribution is 14.1. The number of carboxylic acids is 1. The van der Waals surface area contributed by atoms with Gasteiger partial charge in [-0.05, 0) is 42.5 Å². The maximum atomic E-state index is 11.2. The third-order valence-electron chi connectivity index (χ3n) is 3.07. The average Bonchev–Trinajstić information content (AvgIpc) is 2.75. The van der Waals surface area contributed by atoms with E-state index in [1.54, 1.807) is 10.6 Å². The van der Waals surface area contributed by atoms with E-state index >= 15 is 0 Å². The Balaban J connectivity index is 2.43. The third kappa shape index (κ3) is 2.29. The molecule has 6 heteroatoms. The van der Waals surface area contributed by atoms with Gasteiger partial charge in [0.15, 0.2) is 0 Å². The van der Waals surface area contributed by atoms with Crippen molar-refractivity contribution in [2.24, 2.45) is 7.05 Å². The molecule has 96 valence electrons. The van der Waals surface area contributed by atoms with Crippen molar-refractivity contribution in [3.05, 3.63) is 38.5 Å². The van der Waals surface area contributed by atoms with Gasteiger partial charge < -0.3 is 9.67 Å². The molecule has 0 unspecified atom stereocenters. The first-order chi connectivity index (χ1) is 8.40. The van der Waals surface area contributed by atoms with Gasteiger partial charge in [0.1, 0.15) is 5.69 Å². The van der Waals surface area contributed by atoms with E-state index in [-0.39, 0.29) is 0 Å². The Kier molecular flexibility index (Phi) is 3.47. The molecular formula is C12H14IN3O2. The summed E-state index contributed by atoms with van der Waals surface area (Å²) in [6, 6.07) is 1.67. The molecule has 2 aromatic rings. The first-order valence-corrected chi connectivity index (χ1v) is 6.56. The third-order valence-corrected chi connectivity index (χ3v) is 3.66. The van der Waals surface area contributed by atoms with Gasteiger partial charge >= 0.3 is 5.97 Å². The standard InChI is InChI=1S/C12H14IN3O2/c1-7-10(8(2)15(3)14-7)6-16-5-9(13)4-11(16)12(17)18/h4-5H,6H2,1-3H3,(H,17,18). The molecule has 0 radical (unpaired) electrons. The molecular weight excluding hydrogens is 345 g/mol. The smallest absolute Gasteiger partial charge is 0.352 e. The molecule has 0 bridgehead atoms. The van der Waals surface area contributed by atoms with Crippen LogP contribution in [0.1, 0.15) is 27.4 Å². The Hall–Kier alpha value is -1.31. The number of nitrogens with zero attached hydrogens (tertiary/aromatic N) is 3. The minimum absolute atomic E-state index is 0.307. The second-order valence-corrected chi connectivity index (χ2v) is 5.50. The summed E-state index contributed by atoms with van der Waals surface area (Å²) >= 11 is 2.12. The zero-order valence-electron chi connectivity index (χ0n) is 10.4. The second-order valence-electron chi connectivity index (χ2n) is 4.25. The number of aryl methyl sites for hydroxylation is 2. The molecule has 0 aliphatic rings. The molecule has 5 nitrogen and oxygen atoms in total. The fourth-order valence-electron chi connectivity index (χ4n) is 2.00. The molecule has 1 N–H and O–H groups in total. The van der Waals surface area contributed by atoms with Crippen molar-refractivity contribution in [2.75, 3.05) is 0 Å². The van der Waals surface area contributed by atoms with Crippen LogP contribution < -0.4 is 0 Å². The lowest BCUT2D eigenvalue weighted by Crippen LogP contribution is -2.09. The largest absolute Gasteiger partial charge is 0.477 e. The summed E-state index contributed by atoms with van der Waals surface area (Å²) in [5.74, 6) is -0.905. The number of rotatable bonds is 3. The topological polar surface area (TPSA) is 60.0 Å². The minimum atomic E-state index is -0.905. The molecule has 0 spiro atoms. The molecule has 2 heterocycles.